The number of rotatable bonds is 6. The molecule has 1 aromatic heterocycles. The van der Waals surface area contributed by atoms with Crippen LogP contribution in [0.15, 0.2) is 28.9 Å². The molecule has 1 saturated carbocycles. The van der Waals surface area contributed by atoms with E-state index < -0.39 is 0 Å². The van der Waals surface area contributed by atoms with Gasteiger partial charge in [0, 0.05) is 25.2 Å². The number of anilines is 1. The van der Waals surface area contributed by atoms with E-state index in [-0.39, 0.29) is 12.1 Å². The summed E-state index contributed by atoms with van der Waals surface area (Å²) in [6, 6.07) is 1.91. The molecule has 1 aliphatic heterocycles. The van der Waals surface area contributed by atoms with Crippen molar-refractivity contribution in [3.05, 3.63) is 28.9 Å². The van der Waals surface area contributed by atoms with E-state index in [4.69, 9.17) is 9.47 Å². The van der Waals surface area contributed by atoms with Crippen LogP contribution < -0.4 is 10.1 Å². The number of esters is 1. The van der Waals surface area contributed by atoms with Gasteiger partial charge < -0.3 is 14.8 Å². The Hall–Kier alpha value is -1.56. The number of nitrogens with zero attached hydrogens (tertiary/aromatic N) is 1. The molecule has 0 aromatic carbocycles. The maximum atomic E-state index is 11.0. The molecule has 5 nitrogen and oxygen atoms in total. The molecule has 0 bridgehead atoms. The Morgan fingerprint density at radius 1 is 1.45 bits per heavy atom. The van der Waals surface area contributed by atoms with Crippen molar-refractivity contribution in [1.82, 2.24) is 4.98 Å². The highest BCUT2D eigenvalue weighted by atomic mass is 79.9. The lowest BCUT2D eigenvalue weighted by Crippen LogP contribution is -2.24. The van der Waals surface area contributed by atoms with Crippen LogP contribution in [0.5, 0.6) is 5.75 Å². The molecule has 118 valence electrons. The van der Waals surface area contributed by atoms with Gasteiger partial charge in [-0.15, -0.1) is 0 Å². The minimum Gasteiger partial charge on any atom is -0.489 e. The van der Waals surface area contributed by atoms with Crippen molar-refractivity contribution in [1.29, 1.82) is 0 Å². The van der Waals surface area contributed by atoms with Crippen LogP contribution in [-0.2, 0) is 9.53 Å². The quantitative estimate of drug-likeness (QED) is 0.617. The van der Waals surface area contributed by atoms with Crippen LogP contribution in [0, 0.1) is 0 Å². The van der Waals surface area contributed by atoms with E-state index in [2.05, 4.69) is 26.2 Å². The van der Waals surface area contributed by atoms with E-state index in [0.29, 0.717) is 19.1 Å². The van der Waals surface area contributed by atoms with Gasteiger partial charge in [0.15, 0.2) is 0 Å². The van der Waals surface area contributed by atoms with E-state index in [1.165, 1.54) is 6.42 Å². The Balaban J connectivity index is 1.50. The third-order valence-electron chi connectivity index (χ3n) is 3.83. The molecule has 1 aromatic rings. The highest BCUT2D eigenvalue weighted by Crippen LogP contribution is 2.31. The molecule has 0 amide bonds. The molecule has 0 spiro atoms. The normalized spacial score (nSPS) is 21.7. The van der Waals surface area contributed by atoms with Gasteiger partial charge in [0.25, 0.3) is 0 Å². The zero-order valence-electron chi connectivity index (χ0n) is 12.3. The fourth-order valence-corrected chi connectivity index (χ4v) is 2.65. The minimum atomic E-state index is -0.116. The van der Waals surface area contributed by atoms with Crippen molar-refractivity contribution in [3.63, 3.8) is 0 Å². The lowest BCUT2D eigenvalue weighted by atomic mass is 9.96. The number of aromatic nitrogens is 1. The maximum Gasteiger partial charge on any atom is 0.306 e. The molecule has 3 rings (SSSR count). The van der Waals surface area contributed by atoms with Crippen molar-refractivity contribution in [2.45, 2.75) is 44.3 Å². The number of ether oxygens (including phenoxy) is 2. The molecule has 2 heterocycles. The fraction of sp³-hybridized carbons (Fsp3) is 0.500. The van der Waals surface area contributed by atoms with E-state index in [9.17, 15) is 4.79 Å². The number of hydrogen-bond donors (Lipinski definition) is 1. The second kappa shape index (κ2) is 7.13. The third kappa shape index (κ3) is 4.00. The van der Waals surface area contributed by atoms with Gasteiger partial charge in [-0.1, -0.05) is 6.08 Å². The summed E-state index contributed by atoms with van der Waals surface area (Å²) in [6.07, 6.45) is 10.7. The summed E-state index contributed by atoms with van der Waals surface area (Å²) in [5.41, 5.74) is 0. The van der Waals surface area contributed by atoms with Gasteiger partial charge in [-0.25, -0.2) is 4.98 Å². The van der Waals surface area contributed by atoms with Gasteiger partial charge in [-0.2, -0.15) is 0 Å². The molecule has 1 saturated heterocycles. The molecule has 1 N–H and O–H groups in total. The Labute approximate surface area is 138 Å². The minimum absolute atomic E-state index is 0.0790. The van der Waals surface area contributed by atoms with Gasteiger partial charge in [0.2, 0.25) is 0 Å². The van der Waals surface area contributed by atoms with Crippen LogP contribution in [0.2, 0.25) is 0 Å². The molecular formula is C16H19BrN2O3. The summed E-state index contributed by atoms with van der Waals surface area (Å²) in [5, 5.41) is 3.22. The molecule has 1 aliphatic carbocycles. The standard InChI is InChI=1S/C16H19BrN2O3/c17-13-10-19-15(9-14(13)21-11-3-1-4-11)18-8-2-5-12-6-7-16(20)22-12/h2,5,9-12H,1,3-4,6-8H2,(H,18,19)/b5-2+. The molecule has 0 radical (unpaired) electrons. The SMILES string of the molecule is O=C1CCC(/C=C/CNc2cc(OC3CCC3)c(Br)cn2)O1. The van der Waals surface area contributed by atoms with Crippen molar-refractivity contribution in [2.75, 3.05) is 11.9 Å². The Bertz CT molecular complexity index is 573. The zero-order chi connectivity index (χ0) is 15.4. The summed E-state index contributed by atoms with van der Waals surface area (Å²) in [5.74, 6) is 1.48. The number of cyclic esters (lactones) is 1. The van der Waals surface area contributed by atoms with Crippen LogP contribution in [0.4, 0.5) is 5.82 Å². The fourth-order valence-electron chi connectivity index (χ4n) is 2.34. The van der Waals surface area contributed by atoms with E-state index in [1.54, 1.807) is 6.20 Å². The van der Waals surface area contributed by atoms with Gasteiger partial charge in [0.1, 0.15) is 17.7 Å². The Kier molecular flexibility index (Phi) is 4.97. The summed E-state index contributed by atoms with van der Waals surface area (Å²) < 4.78 is 11.9. The van der Waals surface area contributed by atoms with Crippen LogP contribution in [-0.4, -0.2) is 29.7 Å². The molecule has 1 atom stereocenters. The van der Waals surface area contributed by atoms with Gasteiger partial charge >= 0.3 is 5.97 Å². The summed E-state index contributed by atoms with van der Waals surface area (Å²) in [6.45, 7) is 0.631. The lowest BCUT2D eigenvalue weighted by Gasteiger charge is -2.27. The van der Waals surface area contributed by atoms with Gasteiger partial charge in [0.05, 0.1) is 10.6 Å². The molecular weight excluding hydrogens is 348 g/mol. The Morgan fingerprint density at radius 3 is 3.00 bits per heavy atom. The molecule has 6 heteroatoms. The molecule has 2 aliphatic rings. The topological polar surface area (TPSA) is 60.5 Å². The lowest BCUT2D eigenvalue weighted by molar-refractivity contribution is -0.139. The van der Waals surface area contributed by atoms with E-state index >= 15 is 0 Å². The van der Waals surface area contributed by atoms with Crippen molar-refractivity contribution >= 4 is 27.7 Å². The first-order chi connectivity index (χ1) is 10.7. The number of halogens is 1. The average Bonchev–Trinajstić information content (AvgIpc) is 2.87. The second-order valence-corrected chi connectivity index (χ2v) is 6.40. The number of carbonyl (C=O) groups excluding carboxylic acids is 1. The summed E-state index contributed by atoms with van der Waals surface area (Å²) in [7, 11) is 0. The first kappa shape index (κ1) is 15.3. The number of nitrogens with one attached hydrogen (secondary N) is 1. The van der Waals surface area contributed by atoms with E-state index in [1.807, 2.05) is 18.2 Å². The maximum absolute atomic E-state index is 11.0. The predicted octanol–water partition coefficient (Wildman–Crippen LogP) is 3.45. The number of carbonyl (C=O) groups is 1. The van der Waals surface area contributed by atoms with Gasteiger partial charge in [-0.05, 0) is 47.7 Å². The smallest absolute Gasteiger partial charge is 0.306 e. The first-order valence-electron chi connectivity index (χ1n) is 7.63. The monoisotopic (exact) mass is 366 g/mol. The zero-order valence-corrected chi connectivity index (χ0v) is 13.8. The third-order valence-corrected chi connectivity index (χ3v) is 4.43. The van der Waals surface area contributed by atoms with Crippen molar-refractivity contribution in [3.8, 4) is 5.75 Å². The van der Waals surface area contributed by atoms with Crippen LogP contribution in [0.1, 0.15) is 32.1 Å². The second-order valence-electron chi connectivity index (χ2n) is 5.55. The van der Waals surface area contributed by atoms with E-state index in [0.717, 1.165) is 35.3 Å². The molecule has 2 fully saturated rings. The first-order valence-corrected chi connectivity index (χ1v) is 8.42. The largest absolute Gasteiger partial charge is 0.489 e. The summed E-state index contributed by atoms with van der Waals surface area (Å²) in [4.78, 5) is 15.3. The predicted molar refractivity (Wildman–Crippen MR) is 86.9 cm³/mol. The van der Waals surface area contributed by atoms with Crippen LogP contribution >= 0.6 is 15.9 Å². The van der Waals surface area contributed by atoms with Crippen molar-refractivity contribution in [2.24, 2.45) is 0 Å². The number of hydrogen-bond acceptors (Lipinski definition) is 5. The summed E-state index contributed by atoms with van der Waals surface area (Å²) >= 11 is 3.47. The Morgan fingerprint density at radius 2 is 2.32 bits per heavy atom. The molecule has 1 unspecified atom stereocenters. The van der Waals surface area contributed by atoms with Crippen LogP contribution in [0.3, 0.4) is 0 Å². The van der Waals surface area contributed by atoms with Crippen LogP contribution in [0.25, 0.3) is 0 Å². The number of pyridine rings is 1. The average molecular weight is 367 g/mol. The highest BCUT2D eigenvalue weighted by Gasteiger charge is 2.21. The highest BCUT2D eigenvalue weighted by molar-refractivity contribution is 9.10. The van der Waals surface area contributed by atoms with Gasteiger partial charge in [-0.3, -0.25) is 4.79 Å². The molecule has 22 heavy (non-hydrogen) atoms. The van der Waals surface area contributed by atoms with Crippen molar-refractivity contribution < 1.29 is 14.3 Å².